The van der Waals surface area contributed by atoms with Crippen LogP contribution in [0.2, 0.25) is 5.02 Å². The second-order valence-corrected chi connectivity index (χ2v) is 6.79. The third-order valence-corrected chi connectivity index (χ3v) is 4.85. The fourth-order valence-corrected chi connectivity index (χ4v) is 3.33. The molecule has 2 aromatic heterocycles. The highest BCUT2D eigenvalue weighted by atomic mass is 35.5. The van der Waals surface area contributed by atoms with E-state index in [0.717, 1.165) is 45.5 Å². The Balaban J connectivity index is 1.45. The van der Waals surface area contributed by atoms with Crippen LogP contribution in [0.3, 0.4) is 0 Å². The molecule has 0 saturated heterocycles. The zero-order valence-corrected chi connectivity index (χ0v) is 14.4. The number of H-pyrrole nitrogens is 1. The smallest absolute Gasteiger partial charge is 0.201 e. The highest BCUT2D eigenvalue weighted by Crippen LogP contribution is 2.25. The maximum atomic E-state index is 5.90. The molecule has 0 aliphatic rings. The maximum absolute atomic E-state index is 5.90. The van der Waals surface area contributed by atoms with Crippen LogP contribution in [-0.2, 0) is 6.42 Å². The van der Waals surface area contributed by atoms with E-state index in [9.17, 15) is 0 Å². The van der Waals surface area contributed by atoms with E-state index in [0.29, 0.717) is 0 Å². The lowest BCUT2D eigenvalue weighted by Crippen LogP contribution is -2.05. The summed E-state index contributed by atoms with van der Waals surface area (Å²) < 4.78 is 0. The summed E-state index contributed by atoms with van der Waals surface area (Å²) in [6, 6.07) is 14.1. The summed E-state index contributed by atoms with van der Waals surface area (Å²) in [6.45, 7) is 0.806. The molecule has 4 rings (SSSR count). The molecule has 4 nitrogen and oxygen atoms in total. The average molecular weight is 355 g/mol. The first kappa shape index (κ1) is 15.2. The van der Waals surface area contributed by atoms with Crippen molar-refractivity contribution in [2.75, 3.05) is 11.9 Å². The number of aromatic nitrogens is 3. The van der Waals surface area contributed by atoms with Gasteiger partial charge in [-0.05, 0) is 42.3 Å². The van der Waals surface area contributed by atoms with Gasteiger partial charge in [-0.1, -0.05) is 23.7 Å². The van der Waals surface area contributed by atoms with Gasteiger partial charge >= 0.3 is 0 Å². The molecule has 4 aromatic rings. The van der Waals surface area contributed by atoms with Gasteiger partial charge in [-0.15, -0.1) is 11.3 Å². The van der Waals surface area contributed by atoms with E-state index >= 15 is 0 Å². The van der Waals surface area contributed by atoms with Crippen molar-refractivity contribution < 1.29 is 0 Å². The summed E-state index contributed by atoms with van der Waals surface area (Å²) in [4.78, 5) is 12.3. The minimum absolute atomic E-state index is 0.764. The second kappa shape index (κ2) is 6.63. The highest BCUT2D eigenvalue weighted by Gasteiger charge is 2.06. The largest absolute Gasteiger partial charge is 0.355 e. The summed E-state index contributed by atoms with van der Waals surface area (Å²) in [7, 11) is 0. The molecule has 24 heavy (non-hydrogen) atoms. The minimum Gasteiger partial charge on any atom is -0.355 e. The highest BCUT2D eigenvalue weighted by molar-refractivity contribution is 7.13. The Hall–Kier alpha value is -2.37. The number of benzene rings is 2. The summed E-state index contributed by atoms with van der Waals surface area (Å²) in [5.74, 6) is 0.787. The molecule has 6 heteroatoms. The standard InChI is InChI=1S/C18H15ClN4S/c19-14-4-1-12(2-5-14)7-8-21-18-22-15-6-3-13(11-16(15)23-18)17-20-9-10-24-17/h1-6,9-11H,7-8H2,(H2,21,22,23). The number of aromatic amines is 1. The van der Waals surface area contributed by atoms with Crippen molar-refractivity contribution in [2.24, 2.45) is 0 Å². The van der Waals surface area contributed by atoms with E-state index in [1.165, 1.54) is 5.56 Å². The van der Waals surface area contributed by atoms with Crippen LogP contribution < -0.4 is 5.32 Å². The van der Waals surface area contributed by atoms with E-state index in [4.69, 9.17) is 11.6 Å². The molecule has 2 N–H and O–H groups in total. The Morgan fingerprint density at radius 3 is 2.79 bits per heavy atom. The number of anilines is 1. The summed E-state index contributed by atoms with van der Waals surface area (Å²) in [5.41, 5.74) is 4.31. The Bertz CT molecular complexity index is 945. The van der Waals surface area contributed by atoms with Gasteiger partial charge in [0, 0.05) is 28.7 Å². The number of hydrogen-bond acceptors (Lipinski definition) is 4. The SMILES string of the molecule is Clc1ccc(CCNc2nc3ccc(-c4nccs4)cc3[nH]2)cc1. The molecule has 0 aliphatic heterocycles. The monoisotopic (exact) mass is 354 g/mol. The minimum atomic E-state index is 0.764. The number of rotatable bonds is 5. The van der Waals surface area contributed by atoms with Crippen molar-refractivity contribution >= 4 is 39.9 Å². The molecule has 0 bridgehead atoms. The van der Waals surface area contributed by atoms with Gasteiger partial charge in [0.25, 0.3) is 0 Å². The number of nitrogens with one attached hydrogen (secondary N) is 2. The fourth-order valence-electron chi connectivity index (χ4n) is 2.57. The molecule has 0 fully saturated rings. The number of fused-ring (bicyclic) bond motifs is 1. The predicted octanol–water partition coefficient (Wildman–Crippen LogP) is 4.99. The molecule has 120 valence electrons. The van der Waals surface area contributed by atoms with E-state index in [1.807, 2.05) is 41.9 Å². The lowest BCUT2D eigenvalue weighted by molar-refractivity contribution is 1.000. The van der Waals surface area contributed by atoms with Gasteiger partial charge in [-0.25, -0.2) is 9.97 Å². The number of halogens is 1. The van der Waals surface area contributed by atoms with Gasteiger partial charge in [-0.3, -0.25) is 0 Å². The van der Waals surface area contributed by atoms with E-state index in [2.05, 4.69) is 32.4 Å². The molecule has 0 amide bonds. The maximum Gasteiger partial charge on any atom is 0.201 e. The van der Waals surface area contributed by atoms with Crippen molar-refractivity contribution in [3.63, 3.8) is 0 Å². The molecule has 0 saturated carbocycles. The van der Waals surface area contributed by atoms with Gasteiger partial charge in [-0.2, -0.15) is 0 Å². The van der Waals surface area contributed by atoms with E-state index in [1.54, 1.807) is 11.3 Å². The van der Waals surface area contributed by atoms with Crippen LogP contribution in [0.1, 0.15) is 5.56 Å². The number of imidazole rings is 1. The fraction of sp³-hybridized carbons (Fsp3) is 0.111. The van der Waals surface area contributed by atoms with Crippen molar-refractivity contribution in [3.8, 4) is 10.6 Å². The van der Waals surface area contributed by atoms with Crippen LogP contribution in [0.5, 0.6) is 0 Å². The lowest BCUT2D eigenvalue weighted by Gasteiger charge is -2.03. The van der Waals surface area contributed by atoms with E-state index in [-0.39, 0.29) is 0 Å². The normalized spacial score (nSPS) is 11.0. The Kier molecular flexibility index (Phi) is 4.19. The molecular weight excluding hydrogens is 340 g/mol. The van der Waals surface area contributed by atoms with Crippen LogP contribution in [0.25, 0.3) is 21.6 Å². The predicted molar refractivity (Wildman–Crippen MR) is 101 cm³/mol. The Morgan fingerprint density at radius 2 is 2.00 bits per heavy atom. The first-order valence-corrected chi connectivity index (χ1v) is 8.92. The van der Waals surface area contributed by atoms with Gasteiger partial charge < -0.3 is 10.3 Å². The average Bonchev–Trinajstić information content (AvgIpc) is 3.25. The number of nitrogens with zero attached hydrogens (tertiary/aromatic N) is 2. The molecule has 0 atom stereocenters. The summed E-state index contributed by atoms with van der Waals surface area (Å²) in [5, 5.41) is 7.10. The van der Waals surface area contributed by atoms with Gasteiger partial charge in [0.05, 0.1) is 11.0 Å². The Labute approximate surface area is 148 Å². The van der Waals surface area contributed by atoms with Crippen molar-refractivity contribution in [1.82, 2.24) is 15.0 Å². The third kappa shape index (κ3) is 3.27. The van der Waals surface area contributed by atoms with Crippen LogP contribution >= 0.6 is 22.9 Å². The molecule has 0 spiro atoms. The first-order chi connectivity index (χ1) is 11.8. The van der Waals surface area contributed by atoms with Crippen LogP contribution in [0, 0.1) is 0 Å². The topological polar surface area (TPSA) is 53.6 Å². The Morgan fingerprint density at radius 1 is 1.12 bits per heavy atom. The zero-order valence-electron chi connectivity index (χ0n) is 12.8. The first-order valence-electron chi connectivity index (χ1n) is 7.66. The molecule has 0 aliphatic carbocycles. The van der Waals surface area contributed by atoms with E-state index < -0.39 is 0 Å². The van der Waals surface area contributed by atoms with Gasteiger partial charge in [0.1, 0.15) is 5.01 Å². The zero-order chi connectivity index (χ0) is 16.4. The van der Waals surface area contributed by atoms with Gasteiger partial charge in [0.15, 0.2) is 0 Å². The van der Waals surface area contributed by atoms with Gasteiger partial charge in [0.2, 0.25) is 5.95 Å². The quantitative estimate of drug-likeness (QED) is 0.530. The van der Waals surface area contributed by atoms with Crippen LogP contribution in [0.15, 0.2) is 54.0 Å². The van der Waals surface area contributed by atoms with Crippen molar-refractivity contribution in [1.29, 1.82) is 0 Å². The lowest BCUT2D eigenvalue weighted by atomic mass is 10.1. The third-order valence-electron chi connectivity index (χ3n) is 3.78. The molecule has 2 heterocycles. The van der Waals surface area contributed by atoms with Crippen LogP contribution in [0.4, 0.5) is 5.95 Å². The second-order valence-electron chi connectivity index (χ2n) is 5.46. The van der Waals surface area contributed by atoms with Crippen LogP contribution in [-0.4, -0.2) is 21.5 Å². The molecule has 2 aromatic carbocycles. The van der Waals surface area contributed by atoms with Crippen molar-refractivity contribution in [3.05, 3.63) is 64.6 Å². The molecule has 0 unspecified atom stereocenters. The number of hydrogen-bond donors (Lipinski definition) is 2. The molecular formula is C18H15ClN4S. The van der Waals surface area contributed by atoms with Crippen molar-refractivity contribution in [2.45, 2.75) is 6.42 Å². The molecule has 0 radical (unpaired) electrons. The summed E-state index contributed by atoms with van der Waals surface area (Å²) >= 11 is 7.54. The summed E-state index contributed by atoms with van der Waals surface area (Å²) in [6.07, 6.45) is 2.74. The number of thiazole rings is 1.